The molecule has 0 bridgehead atoms. The first-order chi connectivity index (χ1) is 9.37. The number of hydrogen-bond donors (Lipinski definition) is 0. The highest BCUT2D eigenvalue weighted by Crippen LogP contribution is 2.21. The summed E-state index contributed by atoms with van der Waals surface area (Å²) in [7, 11) is 0. The SMILES string of the molecule is CC(C)(C)OC(=O)[C@H]1CCCN1C(=O)Cn1cnnn1. The van der Waals surface area contributed by atoms with Crippen LogP contribution in [0.25, 0.3) is 0 Å². The van der Waals surface area contributed by atoms with Crippen molar-refractivity contribution in [2.75, 3.05) is 6.54 Å². The second kappa shape index (κ2) is 5.56. The van der Waals surface area contributed by atoms with Gasteiger partial charge >= 0.3 is 5.97 Å². The topological polar surface area (TPSA) is 90.2 Å². The average molecular weight is 281 g/mol. The van der Waals surface area contributed by atoms with Gasteiger partial charge in [-0.25, -0.2) is 9.48 Å². The number of tetrazole rings is 1. The van der Waals surface area contributed by atoms with Gasteiger partial charge in [0, 0.05) is 6.54 Å². The standard InChI is InChI=1S/C12H19N5O3/c1-12(2,3)20-11(19)9-5-4-6-17(9)10(18)7-16-8-13-14-15-16/h8-9H,4-7H2,1-3H3/t9-/m1/s1. The minimum Gasteiger partial charge on any atom is -0.458 e. The fourth-order valence-corrected chi connectivity index (χ4v) is 2.16. The lowest BCUT2D eigenvalue weighted by Gasteiger charge is -2.27. The molecule has 1 atom stereocenters. The summed E-state index contributed by atoms with van der Waals surface area (Å²) in [4.78, 5) is 25.9. The molecule has 0 aliphatic carbocycles. The first kappa shape index (κ1) is 14.4. The Labute approximate surface area is 117 Å². The fourth-order valence-electron chi connectivity index (χ4n) is 2.16. The number of likely N-dealkylation sites (tertiary alicyclic amines) is 1. The van der Waals surface area contributed by atoms with Crippen molar-refractivity contribution in [3.05, 3.63) is 6.33 Å². The van der Waals surface area contributed by atoms with Crippen molar-refractivity contribution in [1.29, 1.82) is 0 Å². The van der Waals surface area contributed by atoms with Gasteiger partial charge in [0.15, 0.2) is 0 Å². The van der Waals surface area contributed by atoms with Crippen LogP contribution in [-0.4, -0.2) is 55.2 Å². The van der Waals surface area contributed by atoms with Gasteiger partial charge < -0.3 is 9.64 Å². The van der Waals surface area contributed by atoms with Crippen molar-refractivity contribution in [1.82, 2.24) is 25.1 Å². The summed E-state index contributed by atoms with van der Waals surface area (Å²) in [6.45, 7) is 6.03. The third-order valence-electron chi connectivity index (χ3n) is 2.94. The first-order valence-electron chi connectivity index (χ1n) is 6.60. The maximum atomic E-state index is 12.2. The van der Waals surface area contributed by atoms with Gasteiger partial charge in [-0.1, -0.05) is 0 Å². The van der Waals surface area contributed by atoms with Crippen molar-refractivity contribution in [2.24, 2.45) is 0 Å². The van der Waals surface area contributed by atoms with Crippen LogP contribution >= 0.6 is 0 Å². The maximum Gasteiger partial charge on any atom is 0.329 e. The van der Waals surface area contributed by atoms with Crippen LogP contribution in [0.2, 0.25) is 0 Å². The molecule has 1 amide bonds. The van der Waals surface area contributed by atoms with Crippen LogP contribution in [-0.2, 0) is 20.9 Å². The molecule has 1 aliphatic rings. The molecule has 1 aromatic rings. The molecule has 8 heteroatoms. The molecule has 0 aromatic carbocycles. The van der Waals surface area contributed by atoms with Crippen LogP contribution in [0.1, 0.15) is 33.6 Å². The number of aromatic nitrogens is 4. The Kier molecular flexibility index (Phi) is 4.01. The van der Waals surface area contributed by atoms with Crippen LogP contribution in [0.5, 0.6) is 0 Å². The lowest BCUT2D eigenvalue weighted by atomic mass is 10.1. The lowest BCUT2D eigenvalue weighted by molar-refractivity contribution is -0.163. The summed E-state index contributed by atoms with van der Waals surface area (Å²) >= 11 is 0. The van der Waals surface area contributed by atoms with Gasteiger partial charge in [-0.2, -0.15) is 0 Å². The molecule has 20 heavy (non-hydrogen) atoms. The van der Waals surface area contributed by atoms with Gasteiger partial charge in [0.1, 0.15) is 24.5 Å². The van der Waals surface area contributed by atoms with Crippen LogP contribution in [0, 0.1) is 0 Å². The molecule has 0 spiro atoms. The second-order valence-electron chi connectivity index (χ2n) is 5.79. The molecule has 8 nitrogen and oxygen atoms in total. The Morgan fingerprint density at radius 1 is 1.40 bits per heavy atom. The smallest absolute Gasteiger partial charge is 0.329 e. The Morgan fingerprint density at radius 3 is 2.75 bits per heavy atom. The van der Waals surface area contributed by atoms with Gasteiger partial charge in [-0.05, 0) is 44.0 Å². The highest BCUT2D eigenvalue weighted by atomic mass is 16.6. The summed E-state index contributed by atoms with van der Waals surface area (Å²) in [5.41, 5.74) is -0.551. The molecule has 1 aliphatic heterocycles. The zero-order valence-electron chi connectivity index (χ0n) is 11.9. The molecule has 0 unspecified atom stereocenters. The minimum absolute atomic E-state index is 0.0340. The van der Waals surface area contributed by atoms with Crippen molar-refractivity contribution in [2.45, 2.75) is 51.8 Å². The van der Waals surface area contributed by atoms with Crippen LogP contribution in [0.4, 0.5) is 0 Å². The van der Waals surface area contributed by atoms with Gasteiger partial charge in [-0.3, -0.25) is 4.79 Å². The van der Waals surface area contributed by atoms with Gasteiger partial charge in [0.2, 0.25) is 5.91 Å². The Bertz CT molecular complexity index is 480. The Morgan fingerprint density at radius 2 is 2.15 bits per heavy atom. The van der Waals surface area contributed by atoms with Gasteiger partial charge in [0.05, 0.1) is 0 Å². The molecule has 110 valence electrons. The van der Waals surface area contributed by atoms with E-state index in [0.717, 1.165) is 6.42 Å². The van der Waals surface area contributed by atoms with E-state index in [1.165, 1.54) is 11.0 Å². The van der Waals surface area contributed by atoms with Crippen molar-refractivity contribution in [3.8, 4) is 0 Å². The third-order valence-corrected chi connectivity index (χ3v) is 2.94. The van der Waals surface area contributed by atoms with Gasteiger partial charge in [0.25, 0.3) is 0 Å². The maximum absolute atomic E-state index is 12.2. The van der Waals surface area contributed by atoms with Crippen LogP contribution in [0.3, 0.4) is 0 Å². The summed E-state index contributed by atoms with van der Waals surface area (Å²) in [6, 6.07) is -0.502. The quantitative estimate of drug-likeness (QED) is 0.725. The number of carbonyl (C=O) groups excluding carboxylic acids is 2. The molecule has 2 rings (SSSR count). The highest BCUT2D eigenvalue weighted by Gasteiger charge is 2.36. The fraction of sp³-hybridized carbons (Fsp3) is 0.750. The van der Waals surface area contributed by atoms with Crippen molar-refractivity contribution < 1.29 is 14.3 Å². The van der Waals surface area contributed by atoms with E-state index in [4.69, 9.17) is 4.74 Å². The largest absolute Gasteiger partial charge is 0.458 e. The van der Waals surface area contributed by atoms with E-state index in [1.807, 2.05) is 20.8 Å². The van der Waals surface area contributed by atoms with E-state index in [-0.39, 0.29) is 18.4 Å². The number of nitrogens with zero attached hydrogens (tertiary/aromatic N) is 5. The molecule has 2 heterocycles. The van der Waals surface area contributed by atoms with E-state index in [9.17, 15) is 9.59 Å². The zero-order chi connectivity index (χ0) is 14.8. The normalized spacial score (nSPS) is 19.1. The van der Waals surface area contributed by atoms with E-state index in [2.05, 4.69) is 15.5 Å². The molecular weight excluding hydrogens is 262 g/mol. The summed E-state index contributed by atoms with van der Waals surface area (Å²) in [6.07, 6.45) is 2.80. The number of rotatable bonds is 3. The number of carbonyl (C=O) groups is 2. The van der Waals surface area contributed by atoms with Crippen LogP contribution < -0.4 is 0 Å². The second-order valence-corrected chi connectivity index (χ2v) is 5.79. The van der Waals surface area contributed by atoms with E-state index in [1.54, 1.807) is 4.90 Å². The third kappa shape index (κ3) is 3.52. The molecule has 1 saturated heterocycles. The van der Waals surface area contributed by atoms with E-state index < -0.39 is 11.6 Å². The first-order valence-corrected chi connectivity index (χ1v) is 6.60. The number of amides is 1. The summed E-state index contributed by atoms with van der Waals surface area (Å²) < 4.78 is 6.70. The van der Waals surface area contributed by atoms with E-state index >= 15 is 0 Å². The summed E-state index contributed by atoms with van der Waals surface area (Å²) in [5, 5.41) is 10.6. The molecule has 0 radical (unpaired) electrons. The molecule has 1 fully saturated rings. The highest BCUT2D eigenvalue weighted by molar-refractivity contribution is 5.85. The zero-order valence-corrected chi connectivity index (χ0v) is 11.9. The lowest BCUT2D eigenvalue weighted by Crippen LogP contribution is -2.44. The Hall–Kier alpha value is -1.99. The van der Waals surface area contributed by atoms with E-state index in [0.29, 0.717) is 13.0 Å². The number of ether oxygens (including phenoxy) is 1. The number of esters is 1. The summed E-state index contributed by atoms with van der Waals surface area (Å²) in [5.74, 6) is -0.522. The van der Waals surface area contributed by atoms with Crippen LogP contribution in [0.15, 0.2) is 6.33 Å². The molecule has 1 aromatic heterocycles. The van der Waals surface area contributed by atoms with Crippen molar-refractivity contribution in [3.63, 3.8) is 0 Å². The average Bonchev–Trinajstić information content (AvgIpc) is 2.96. The predicted molar refractivity (Wildman–Crippen MR) is 68.4 cm³/mol. The van der Waals surface area contributed by atoms with Crippen molar-refractivity contribution >= 4 is 11.9 Å². The predicted octanol–water partition coefficient (Wildman–Crippen LogP) is 0.00580. The number of hydrogen-bond acceptors (Lipinski definition) is 6. The monoisotopic (exact) mass is 281 g/mol. The minimum atomic E-state index is -0.551. The molecule has 0 N–H and O–H groups in total. The van der Waals surface area contributed by atoms with Gasteiger partial charge in [-0.15, -0.1) is 5.10 Å². The Balaban J connectivity index is 1.99. The molecule has 0 saturated carbocycles. The molecular formula is C12H19N5O3.